The first kappa shape index (κ1) is 13.6. The van der Waals surface area contributed by atoms with E-state index in [9.17, 15) is 9.59 Å². The van der Waals surface area contributed by atoms with Crippen molar-refractivity contribution in [2.45, 2.75) is 27.2 Å². The molecule has 0 saturated carbocycles. The number of carbonyl (C=O) groups excluding carboxylic acids is 2. The Balaban J connectivity index is 0.000000423. The van der Waals surface area contributed by atoms with Crippen LogP contribution >= 0.6 is 0 Å². The number of carbonyl (C=O) groups is 2. The molecular formula is C11H16O4. The predicted octanol–water partition coefficient (Wildman–Crippen LogP) is 2.07. The first-order valence-corrected chi connectivity index (χ1v) is 4.75. The van der Waals surface area contributed by atoms with Crippen molar-refractivity contribution >= 4 is 11.6 Å². The van der Waals surface area contributed by atoms with Crippen LogP contribution in [0.15, 0.2) is 16.5 Å². The van der Waals surface area contributed by atoms with E-state index in [1.165, 1.54) is 26.0 Å². The van der Waals surface area contributed by atoms with Crippen LogP contribution in [-0.2, 0) is 0 Å². The average molecular weight is 212 g/mol. The molecular weight excluding hydrogens is 196 g/mol. The number of furan rings is 1. The quantitative estimate of drug-likeness (QED) is 0.779. The average Bonchev–Trinajstić information content (AvgIpc) is 2.67. The largest absolute Gasteiger partial charge is 0.450 e. The van der Waals surface area contributed by atoms with Gasteiger partial charge in [0, 0.05) is 20.5 Å². The third-order valence-corrected chi connectivity index (χ3v) is 1.52. The van der Waals surface area contributed by atoms with Crippen LogP contribution in [0.5, 0.6) is 0 Å². The minimum atomic E-state index is -0.169. The molecule has 0 fully saturated rings. The molecule has 4 heteroatoms. The summed E-state index contributed by atoms with van der Waals surface area (Å²) < 4.78 is 4.91. The highest BCUT2D eigenvalue weighted by Crippen LogP contribution is 2.08. The summed E-state index contributed by atoms with van der Waals surface area (Å²) in [4.78, 5) is 21.4. The molecule has 0 aliphatic heterocycles. The molecule has 4 nitrogen and oxygen atoms in total. The molecule has 1 N–H and O–H groups in total. The first-order chi connectivity index (χ1) is 7.02. The van der Waals surface area contributed by atoms with Crippen molar-refractivity contribution in [3.63, 3.8) is 0 Å². The van der Waals surface area contributed by atoms with E-state index in [2.05, 4.69) is 0 Å². The summed E-state index contributed by atoms with van der Waals surface area (Å²) in [7, 11) is 0. The van der Waals surface area contributed by atoms with Crippen LogP contribution in [0.1, 0.15) is 48.3 Å². The first-order valence-electron chi connectivity index (χ1n) is 4.75. The van der Waals surface area contributed by atoms with Crippen molar-refractivity contribution in [1.82, 2.24) is 0 Å². The van der Waals surface area contributed by atoms with Crippen LogP contribution in [0.2, 0.25) is 0 Å². The van der Waals surface area contributed by atoms with E-state index < -0.39 is 0 Å². The van der Waals surface area contributed by atoms with Crippen LogP contribution in [0, 0.1) is 0 Å². The lowest BCUT2D eigenvalue weighted by Crippen LogP contribution is -1.89. The number of hydrogen-bond donors (Lipinski definition) is 1. The molecule has 0 aliphatic carbocycles. The second-order valence-electron chi connectivity index (χ2n) is 3.00. The van der Waals surface area contributed by atoms with Crippen molar-refractivity contribution in [1.29, 1.82) is 0 Å². The van der Waals surface area contributed by atoms with Gasteiger partial charge in [-0.25, -0.2) is 0 Å². The predicted molar refractivity (Wildman–Crippen MR) is 56.1 cm³/mol. The molecule has 15 heavy (non-hydrogen) atoms. The van der Waals surface area contributed by atoms with Gasteiger partial charge in [0.15, 0.2) is 23.1 Å². The Bertz CT molecular complexity index is 295. The van der Waals surface area contributed by atoms with Gasteiger partial charge in [-0.2, -0.15) is 0 Å². The third kappa shape index (κ3) is 5.12. The maximum absolute atomic E-state index is 10.7. The van der Waals surface area contributed by atoms with E-state index in [4.69, 9.17) is 9.52 Å². The molecule has 0 radical (unpaired) electrons. The van der Waals surface area contributed by atoms with Gasteiger partial charge in [0.05, 0.1) is 0 Å². The molecule has 0 aromatic carbocycles. The van der Waals surface area contributed by atoms with Gasteiger partial charge in [-0.3, -0.25) is 9.59 Å². The zero-order valence-electron chi connectivity index (χ0n) is 9.24. The highest BCUT2D eigenvalue weighted by atomic mass is 16.4. The molecule has 0 aliphatic rings. The monoisotopic (exact) mass is 212 g/mol. The summed E-state index contributed by atoms with van der Waals surface area (Å²) in [5, 5.41) is 7.88. The van der Waals surface area contributed by atoms with Crippen molar-refractivity contribution < 1.29 is 19.1 Å². The van der Waals surface area contributed by atoms with E-state index in [-0.39, 0.29) is 23.1 Å². The molecule has 0 bridgehead atoms. The van der Waals surface area contributed by atoms with E-state index in [0.29, 0.717) is 6.61 Å². The smallest absolute Gasteiger partial charge is 0.194 e. The second kappa shape index (κ2) is 6.95. The molecule has 0 spiro atoms. The summed E-state index contributed by atoms with van der Waals surface area (Å²) in [6.45, 7) is 5.03. The Morgan fingerprint density at radius 1 is 1.20 bits per heavy atom. The third-order valence-electron chi connectivity index (χ3n) is 1.52. The summed E-state index contributed by atoms with van der Waals surface area (Å²) in [5.74, 6) is 0.125. The second-order valence-corrected chi connectivity index (χ2v) is 3.00. The lowest BCUT2D eigenvalue weighted by molar-refractivity contribution is 0.0964. The molecule has 0 atom stereocenters. The van der Waals surface area contributed by atoms with Crippen molar-refractivity contribution in [3.05, 3.63) is 23.7 Å². The van der Waals surface area contributed by atoms with Crippen LogP contribution in [-0.4, -0.2) is 23.3 Å². The van der Waals surface area contributed by atoms with Crippen LogP contribution in [0.3, 0.4) is 0 Å². The van der Waals surface area contributed by atoms with Gasteiger partial charge in [0.1, 0.15) is 0 Å². The fourth-order valence-corrected chi connectivity index (χ4v) is 0.716. The molecule has 1 aromatic rings. The summed E-state index contributed by atoms with van der Waals surface area (Å²) in [5.41, 5.74) is 0. The van der Waals surface area contributed by atoms with Gasteiger partial charge in [0.25, 0.3) is 0 Å². The maximum Gasteiger partial charge on any atom is 0.194 e. The Labute approximate surface area is 88.9 Å². The Morgan fingerprint density at radius 2 is 1.53 bits per heavy atom. The summed E-state index contributed by atoms with van der Waals surface area (Å²) in [6.07, 6.45) is 0.875. The van der Waals surface area contributed by atoms with Crippen LogP contribution < -0.4 is 0 Å². The number of hydrogen-bond acceptors (Lipinski definition) is 4. The maximum atomic E-state index is 10.7. The van der Waals surface area contributed by atoms with Crippen molar-refractivity contribution in [2.75, 3.05) is 6.61 Å². The van der Waals surface area contributed by atoms with Gasteiger partial charge in [0.2, 0.25) is 0 Å². The highest BCUT2D eigenvalue weighted by Gasteiger charge is 2.08. The number of rotatable bonds is 3. The van der Waals surface area contributed by atoms with Crippen molar-refractivity contribution in [3.8, 4) is 0 Å². The van der Waals surface area contributed by atoms with Crippen molar-refractivity contribution in [2.24, 2.45) is 0 Å². The molecule has 1 heterocycles. The Kier molecular flexibility index (Phi) is 6.29. The minimum absolute atomic E-state index is 0.169. The minimum Gasteiger partial charge on any atom is -0.450 e. The lowest BCUT2D eigenvalue weighted by Gasteiger charge is -1.86. The molecule has 84 valence electrons. The van der Waals surface area contributed by atoms with E-state index >= 15 is 0 Å². The Morgan fingerprint density at radius 3 is 1.67 bits per heavy atom. The standard InChI is InChI=1S/C8H8O3.C3H8O/c1-5(9)7-3-4-8(11-7)6(2)10;1-2-3-4/h3-4H,1-2H3;4H,2-3H2,1H3. The van der Waals surface area contributed by atoms with E-state index in [1.54, 1.807) is 0 Å². The zero-order valence-corrected chi connectivity index (χ0v) is 9.24. The Hall–Kier alpha value is -1.42. The van der Waals surface area contributed by atoms with Gasteiger partial charge >= 0.3 is 0 Å². The molecule has 0 saturated heterocycles. The fourth-order valence-electron chi connectivity index (χ4n) is 0.716. The van der Waals surface area contributed by atoms with Gasteiger partial charge in [-0.05, 0) is 18.6 Å². The molecule has 0 unspecified atom stereocenters. The molecule has 1 rings (SSSR count). The van der Waals surface area contributed by atoms with Crippen LogP contribution in [0.4, 0.5) is 0 Å². The van der Waals surface area contributed by atoms with Gasteiger partial charge in [-0.15, -0.1) is 0 Å². The van der Waals surface area contributed by atoms with Gasteiger partial charge < -0.3 is 9.52 Å². The summed E-state index contributed by atoms with van der Waals surface area (Å²) in [6, 6.07) is 3.00. The molecule has 1 aromatic heterocycles. The fraction of sp³-hybridized carbons (Fsp3) is 0.455. The zero-order chi connectivity index (χ0) is 11.8. The topological polar surface area (TPSA) is 67.5 Å². The number of Topliss-reactive ketones (excluding diaryl/α,β-unsaturated/α-hetero) is 2. The number of aliphatic hydroxyl groups is 1. The van der Waals surface area contributed by atoms with Crippen LogP contribution in [0.25, 0.3) is 0 Å². The number of ketones is 2. The summed E-state index contributed by atoms with van der Waals surface area (Å²) >= 11 is 0. The van der Waals surface area contributed by atoms with E-state index in [0.717, 1.165) is 6.42 Å². The normalized spacial score (nSPS) is 9.07. The number of aliphatic hydroxyl groups excluding tert-OH is 1. The van der Waals surface area contributed by atoms with E-state index in [1.807, 2.05) is 6.92 Å². The van der Waals surface area contributed by atoms with Gasteiger partial charge in [-0.1, -0.05) is 6.92 Å². The lowest BCUT2D eigenvalue weighted by atomic mass is 10.3. The SMILES string of the molecule is CC(=O)c1ccc(C(C)=O)o1.CCCO. The molecule has 0 amide bonds. The highest BCUT2D eigenvalue weighted by molar-refractivity contribution is 5.95.